The third-order valence-corrected chi connectivity index (χ3v) is 1.04. The molecule has 0 atom stereocenters. The van der Waals surface area contributed by atoms with Crippen LogP contribution in [0.15, 0.2) is 34.9 Å². The molecule has 2 N–H and O–H groups in total. The normalized spacial score (nSPS) is 15.6. The van der Waals surface area contributed by atoms with Crippen LogP contribution in [0.3, 0.4) is 0 Å². The Morgan fingerprint density at radius 1 is 1.62 bits per heavy atom. The van der Waals surface area contributed by atoms with Gasteiger partial charge in [0.05, 0.1) is 0 Å². The summed E-state index contributed by atoms with van der Waals surface area (Å²) in [5, 5.41) is 0. The fraction of sp³-hybridized carbons (Fsp3) is 0.143. The molecule has 0 radical (unpaired) electrons. The van der Waals surface area contributed by atoms with E-state index < -0.39 is 0 Å². The summed E-state index contributed by atoms with van der Waals surface area (Å²) in [7, 11) is 0. The molecule has 0 aromatic rings. The first kappa shape index (κ1) is 4.99. The van der Waals surface area contributed by atoms with Crippen LogP contribution in [0, 0.1) is 0 Å². The summed E-state index contributed by atoms with van der Waals surface area (Å²) in [5.41, 5.74) is 12.9. The molecule has 1 heteroatoms. The van der Waals surface area contributed by atoms with Gasteiger partial charge in [-0.1, -0.05) is 11.5 Å². The lowest BCUT2D eigenvalue weighted by molar-refractivity contribution is 1.29. The first-order valence-corrected chi connectivity index (χ1v) is 2.45. The minimum Gasteiger partial charge on any atom is -0.398 e. The van der Waals surface area contributed by atoms with Crippen molar-refractivity contribution in [3.05, 3.63) is 34.9 Å². The Morgan fingerprint density at radius 2 is 2.38 bits per heavy atom. The third kappa shape index (κ3) is 0.737. The zero-order valence-electron chi connectivity index (χ0n) is 4.73. The van der Waals surface area contributed by atoms with Gasteiger partial charge in [0.25, 0.3) is 0 Å². The molecule has 1 rings (SSSR count). The maximum absolute atomic E-state index is 5.47. The monoisotopic (exact) mass is 105 g/mol. The molecular weight excluding hydrogens is 98.1 g/mol. The van der Waals surface area contributed by atoms with Crippen molar-refractivity contribution in [2.24, 2.45) is 5.73 Å². The fourth-order valence-corrected chi connectivity index (χ4v) is 0.479. The number of hydrogen-bond acceptors (Lipinski definition) is 1. The zero-order chi connectivity index (χ0) is 5.98. The van der Waals surface area contributed by atoms with Crippen molar-refractivity contribution in [2.75, 3.05) is 0 Å². The van der Waals surface area contributed by atoms with Crippen molar-refractivity contribution < 1.29 is 0 Å². The predicted molar refractivity (Wildman–Crippen MR) is 33.1 cm³/mol. The van der Waals surface area contributed by atoms with Crippen LogP contribution in [0.25, 0.3) is 0 Å². The Labute approximate surface area is 48.5 Å². The highest BCUT2D eigenvalue weighted by Crippen LogP contribution is 2.01. The molecule has 1 nitrogen and oxygen atoms in total. The van der Waals surface area contributed by atoms with E-state index >= 15 is 0 Å². The van der Waals surface area contributed by atoms with Gasteiger partial charge in [-0.05, 0) is 19.1 Å². The summed E-state index contributed by atoms with van der Waals surface area (Å²) in [6.07, 6.45) is 3.56. The van der Waals surface area contributed by atoms with Gasteiger partial charge in [-0.15, -0.1) is 0 Å². The molecule has 8 heavy (non-hydrogen) atoms. The van der Waals surface area contributed by atoms with Gasteiger partial charge in [0.15, 0.2) is 0 Å². The van der Waals surface area contributed by atoms with E-state index in [-0.39, 0.29) is 0 Å². The molecule has 1 aliphatic rings. The smallest absolute Gasteiger partial charge is 0.0435 e. The molecule has 1 aliphatic carbocycles. The van der Waals surface area contributed by atoms with Gasteiger partial charge in [0, 0.05) is 11.3 Å². The SMILES string of the molecule is CC1=C=C=CC=C1N. The lowest BCUT2D eigenvalue weighted by Gasteiger charge is -1.95. The fourth-order valence-electron chi connectivity index (χ4n) is 0.479. The van der Waals surface area contributed by atoms with Crippen LogP contribution >= 0.6 is 0 Å². The largest absolute Gasteiger partial charge is 0.398 e. The Kier molecular flexibility index (Phi) is 1.09. The van der Waals surface area contributed by atoms with Crippen LogP contribution in [-0.4, -0.2) is 0 Å². The van der Waals surface area contributed by atoms with E-state index in [1.807, 2.05) is 13.0 Å². The molecule has 0 bridgehead atoms. The molecular formula is C7H7N. The average Bonchev–Trinajstić information content (AvgIpc) is 1.77. The molecule has 0 fully saturated rings. The molecule has 40 valence electrons. The average molecular weight is 105 g/mol. The number of allylic oxidation sites excluding steroid dienone is 3. The number of nitrogens with two attached hydrogens (primary N) is 1. The van der Waals surface area contributed by atoms with Crippen molar-refractivity contribution in [2.45, 2.75) is 6.92 Å². The van der Waals surface area contributed by atoms with E-state index in [1.54, 1.807) is 6.08 Å². The highest BCUT2D eigenvalue weighted by Gasteiger charge is 1.90. The van der Waals surface area contributed by atoms with Gasteiger partial charge in [-0.3, -0.25) is 0 Å². The van der Waals surface area contributed by atoms with Gasteiger partial charge >= 0.3 is 0 Å². The van der Waals surface area contributed by atoms with Crippen molar-refractivity contribution in [3.8, 4) is 0 Å². The summed E-state index contributed by atoms with van der Waals surface area (Å²) < 4.78 is 0. The third-order valence-electron chi connectivity index (χ3n) is 1.04. The maximum Gasteiger partial charge on any atom is 0.0435 e. The molecule has 0 unspecified atom stereocenters. The summed E-state index contributed by atoms with van der Waals surface area (Å²) in [4.78, 5) is 0. The Bertz CT molecular complexity index is 221. The highest BCUT2D eigenvalue weighted by molar-refractivity contribution is 5.31. The quantitative estimate of drug-likeness (QED) is 0.459. The molecule has 0 saturated heterocycles. The Balaban J connectivity index is 3.14. The summed E-state index contributed by atoms with van der Waals surface area (Å²) >= 11 is 0. The van der Waals surface area contributed by atoms with Crippen LogP contribution in [0.1, 0.15) is 6.92 Å². The minimum atomic E-state index is 0.781. The zero-order valence-corrected chi connectivity index (χ0v) is 4.73. The molecule has 0 aromatic heterocycles. The van der Waals surface area contributed by atoms with Gasteiger partial charge in [0.2, 0.25) is 0 Å². The van der Waals surface area contributed by atoms with Crippen LogP contribution < -0.4 is 5.73 Å². The van der Waals surface area contributed by atoms with Crippen molar-refractivity contribution >= 4 is 0 Å². The first-order chi connectivity index (χ1) is 3.80. The summed E-state index contributed by atoms with van der Waals surface area (Å²) in [5.74, 6) is 0. The van der Waals surface area contributed by atoms with Crippen molar-refractivity contribution in [1.82, 2.24) is 0 Å². The lowest BCUT2D eigenvalue weighted by atomic mass is 10.2. The Morgan fingerprint density at radius 3 is 2.75 bits per heavy atom. The van der Waals surface area contributed by atoms with Crippen molar-refractivity contribution in [1.29, 1.82) is 0 Å². The van der Waals surface area contributed by atoms with Gasteiger partial charge in [-0.25, -0.2) is 0 Å². The van der Waals surface area contributed by atoms with Crippen LogP contribution in [0.4, 0.5) is 0 Å². The lowest BCUT2D eigenvalue weighted by Crippen LogP contribution is -1.97. The molecule has 0 amide bonds. The predicted octanol–water partition coefficient (Wildman–Crippen LogP) is 1.10. The topological polar surface area (TPSA) is 26.0 Å². The van der Waals surface area contributed by atoms with Gasteiger partial charge in [0.1, 0.15) is 0 Å². The maximum atomic E-state index is 5.47. The molecule has 0 heterocycles. The van der Waals surface area contributed by atoms with E-state index in [9.17, 15) is 0 Å². The Hall–Kier alpha value is -1.16. The van der Waals surface area contributed by atoms with E-state index in [2.05, 4.69) is 11.5 Å². The van der Waals surface area contributed by atoms with Crippen LogP contribution in [0.2, 0.25) is 0 Å². The summed E-state index contributed by atoms with van der Waals surface area (Å²) in [6, 6.07) is 0. The van der Waals surface area contributed by atoms with E-state index in [0.717, 1.165) is 11.3 Å². The van der Waals surface area contributed by atoms with E-state index in [4.69, 9.17) is 5.73 Å². The molecule has 0 saturated carbocycles. The van der Waals surface area contributed by atoms with E-state index in [0.29, 0.717) is 0 Å². The highest BCUT2D eigenvalue weighted by atomic mass is 14.6. The minimum absolute atomic E-state index is 0.781. The second kappa shape index (κ2) is 1.75. The molecule has 0 aromatic carbocycles. The molecule has 0 spiro atoms. The van der Waals surface area contributed by atoms with Crippen LogP contribution in [0.5, 0.6) is 0 Å². The first-order valence-electron chi connectivity index (χ1n) is 2.45. The van der Waals surface area contributed by atoms with Crippen LogP contribution in [-0.2, 0) is 0 Å². The van der Waals surface area contributed by atoms with Gasteiger partial charge in [-0.2, -0.15) is 0 Å². The molecule has 0 aliphatic heterocycles. The van der Waals surface area contributed by atoms with E-state index in [1.165, 1.54) is 0 Å². The van der Waals surface area contributed by atoms with Crippen molar-refractivity contribution in [3.63, 3.8) is 0 Å². The number of rotatable bonds is 0. The summed E-state index contributed by atoms with van der Waals surface area (Å²) in [6.45, 7) is 1.91. The second-order valence-corrected chi connectivity index (χ2v) is 1.68. The van der Waals surface area contributed by atoms with Gasteiger partial charge < -0.3 is 5.73 Å². The second-order valence-electron chi connectivity index (χ2n) is 1.68. The number of hydrogen-bond donors (Lipinski definition) is 1. The standard InChI is InChI=1S/C7H7N/c1-6-4-2-3-5-7(6)8/h3,5H,8H2,1H3.